The first-order chi connectivity index (χ1) is 5.84. The summed E-state index contributed by atoms with van der Waals surface area (Å²) in [6.45, 7) is 2.99. The van der Waals surface area contributed by atoms with Gasteiger partial charge in [-0.15, -0.1) is 0 Å². The molecule has 1 heterocycles. The number of ether oxygens (including phenoxy) is 1. The molecule has 0 saturated carbocycles. The molecule has 0 aromatic rings. The zero-order valence-electron chi connectivity index (χ0n) is 7.96. The number of aliphatic hydroxyl groups excluding tert-OH is 1. The summed E-state index contributed by atoms with van der Waals surface area (Å²) in [6, 6.07) is 0. The Labute approximate surface area is 74.9 Å². The lowest BCUT2D eigenvalue weighted by Crippen LogP contribution is -2.13. The molecular formula is C10H20O2. The van der Waals surface area contributed by atoms with Gasteiger partial charge in [0.1, 0.15) is 6.10 Å². The predicted molar refractivity (Wildman–Crippen MR) is 49.1 cm³/mol. The second-order valence-electron chi connectivity index (χ2n) is 3.64. The number of unbranched alkanes of at least 4 members (excludes halogenated alkanes) is 4. The van der Waals surface area contributed by atoms with E-state index in [1.165, 1.54) is 25.7 Å². The molecule has 0 aromatic carbocycles. The molecular weight excluding hydrogens is 152 g/mol. The topological polar surface area (TPSA) is 32.8 Å². The third-order valence-corrected chi connectivity index (χ3v) is 2.39. The molecule has 2 heteroatoms. The molecule has 12 heavy (non-hydrogen) atoms. The fraction of sp³-hybridized carbons (Fsp3) is 1.00. The fourth-order valence-electron chi connectivity index (χ4n) is 1.42. The van der Waals surface area contributed by atoms with Crippen LogP contribution in [0.4, 0.5) is 0 Å². The Balaban J connectivity index is 1.81. The van der Waals surface area contributed by atoms with Gasteiger partial charge in [0.2, 0.25) is 0 Å². The first-order valence-electron chi connectivity index (χ1n) is 5.14. The van der Waals surface area contributed by atoms with Crippen LogP contribution >= 0.6 is 0 Å². The highest BCUT2D eigenvalue weighted by molar-refractivity contribution is 4.77. The van der Waals surface area contributed by atoms with Crippen LogP contribution in [0.15, 0.2) is 0 Å². The van der Waals surface area contributed by atoms with E-state index in [0.29, 0.717) is 0 Å². The molecule has 0 amide bonds. The molecule has 1 saturated heterocycles. The Hall–Kier alpha value is -0.0800. The Morgan fingerprint density at radius 1 is 1.33 bits per heavy atom. The molecule has 1 fully saturated rings. The van der Waals surface area contributed by atoms with Crippen LogP contribution in [0, 0.1) is 0 Å². The van der Waals surface area contributed by atoms with Crippen molar-refractivity contribution in [3.05, 3.63) is 0 Å². The van der Waals surface area contributed by atoms with Gasteiger partial charge in [-0.05, 0) is 6.42 Å². The van der Waals surface area contributed by atoms with Crippen LogP contribution in [0.2, 0.25) is 0 Å². The van der Waals surface area contributed by atoms with E-state index in [1.54, 1.807) is 0 Å². The van der Waals surface area contributed by atoms with Gasteiger partial charge in [-0.2, -0.15) is 0 Å². The molecule has 0 unspecified atom stereocenters. The number of rotatable bonds is 7. The van der Waals surface area contributed by atoms with Gasteiger partial charge in [-0.3, -0.25) is 0 Å². The maximum Gasteiger partial charge on any atom is 0.107 e. The molecule has 0 aromatic heterocycles. The van der Waals surface area contributed by atoms with Gasteiger partial charge in [-0.25, -0.2) is 0 Å². The van der Waals surface area contributed by atoms with Gasteiger partial charge < -0.3 is 9.84 Å². The summed E-state index contributed by atoms with van der Waals surface area (Å²) in [7, 11) is 0. The standard InChI is InChI=1S/C10H20O2/c1-2-3-4-5-6-7-9(11)10-8-12-10/h9-11H,2-8H2,1H3/t9-,10+/m1/s1. The molecule has 1 N–H and O–H groups in total. The largest absolute Gasteiger partial charge is 0.390 e. The third kappa shape index (κ3) is 4.07. The molecule has 72 valence electrons. The molecule has 2 atom stereocenters. The molecule has 1 rings (SSSR count). The van der Waals surface area contributed by atoms with Crippen LogP contribution in [0.3, 0.4) is 0 Å². The highest BCUT2D eigenvalue weighted by Crippen LogP contribution is 2.18. The van der Waals surface area contributed by atoms with Crippen molar-refractivity contribution in [3.8, 4) is 0 Å². The highest BCUT2D eigenvalue weighted by atomic mass is 16.6. The summed E-state index contributed by atoms with van der Waals surface area (Å²) in [5.41, 5.74) is 0. The van der Waals surface area contributed by atoms with Crippen molar-refractivity contribution < 1.29 is 9.84 Å². The molecule has 0 spiro atoms. The fourth-order valence-corrected chi connectivity index (χ4v) is 1.42. The molecule has 1 aliphatic heterocycles. The Morgan fingerprint density at radius 2 is 2.00 bits per heavy atom. The van der Waals surface area contributed by atoms with E-state index in [1.807, 2.05) is 0 Å². The summed E-state index contributed by atoms with van der Waals surface area (Å²) in [4.78, 5) is 0. The van der Waals surface area contributed by atoms with Gasteiger partial charge in [-0.1, -0.05) is 39.0 Å². The molecule has 0 aliphatic carbocycles. The SMILES string of the molecule is CCCCCCC[C@@H](O)[C@@H]1CO1. The van der Waals surface area contributed by atoms with Crippen LogP contribution in [-0.4, -0.2) is 23.9 Å². The van der Waals surface area contributed by atoms with Crippen molar-refractivity contribution in [1.82, 2.24) is 0 Å². The summed E-state index contributed by atoms with van der Waals surface area (Å²) in [5, 5.41) is 9.42. The normalized spacial score (nSPS) is 24.0. The summed E-state index contributed by atoms with van der Waals surface area (Å²) in [5.74, 6) is 0. The van der Waals surface area contributed by atoms with E-state index in [-0.39, 0.29) is 12.2 Å². The summed E-state index contributed by atoms with van der Waals surface area (Å²) in [6.07, 6.45) is 7.26. The van der Waals surface area contributed by atoms with E-state index in [2.05, 4.69) is 6.92 Å². The van der Waals surface area contributed by atoms with Crippen molar-refractivity contribution in [2.24, 2.45) is 0 Å². The zero-order valence-corrected chi connectivity index (χ0v) is 7.96. The minimum Gasteiger partial charge on any atom is -0.390 e. The van der Waals surface area contributed by atoms with Crippen LogP contribution in [0.25, 0.3) is 0 Å². The Bertz CT molecular complexity index is 110. The number of hydrogen-bond donors (Lipinski definition) is 1. The summed E-state index contributed by atoms with van der Waals surface area (Å²) >= 11 is 0. The second-order valence-corrected chi connectivity index (χ2v) is 3.64. The van der Waals surface area contributed by atoms with E-state index < -0.39 is 0 Å². The molecule has 1 aliphatic rings. The third-order valence-electron chi connectivity index (χ3n) is 2.39. The number of epoxide rings is 1. The number of aliphatic hydroxyl groups is 1. The number of hydrogen-bond acceptors (Lipinski definition) is 2. The van der Waals surface area contributed by atoms with Crippen molar-refractivity contribution in [1.29, 1.82) is 0 Å². The van der Waals surface area contributed by atoms with Gasteiger partial charge in [0, 0.05) is 0 Å². The molecule has 2 nitrogen and oxygen atoms in total. The van der Waals surface area contributed by atoms with E-state index in [9.17, 15) is 5.11 Å². The maximum atomic E-state index is 9.42. The van der Waals surface area contributed by atoms with E-state index >= 15 is 0 Å². The van der Waals surface area contributed by atoms with Gasteiger partial charge in [0.15, 0.2) is 0 Å². The van der Waals surface area contributed by atoms with Crippen molar-refractivity contribution in [2.75, 3.05) is 6.61 Å². The van der Waals surface area contributed by atoms with Crippen molar-refractivity contribution in [3.63, 3.8) is 0 Å². The smallest absolute Gasteiger partial charge is 0.107 e. The first kappa shape index (κ1) is 10.0. The Morgan fingerprint density at radius 3 is 2.58 bits per heavy atom. The summed E-state index contributed by atoms with van der Waals surface area (Å²) < 4.78 is 5.00. The predicted octanol–water partition coefficient (Wildman–Crippen LogP) is 2.11. The van der Waals surface area contributed by atoms with Gasteiger partial charge in [0.05, 0.1) is 12.7 Å². The molecule has 0 radical (unpaired) electrons. The van der Waals surface area contributed by atoms with Crippen LogP contribution in [0.5, 0.6) is 0 Å². The molecule has 0 bridgehead atoms. The average molecular weight is 172 g/mol. The van der Waals surface area contributed by atoms with Crippen LogP contribution in [-0.2, 0) is 4.74 Å². The van der Waals surface area contributed by atoms with Crippen molar-refractivity contribution in [2.45, 2.75) is 57.7 Å². The lowest BCUT2D eigenvalue weighted by atomic mass is 10.1. The average Bonchev–Trinajstić information content (AvgIpc) is 2.86. The lowest BCUT2D eigenvalue weighted by molar-refractivity contribution is 0.123. The minimum absolute atomic E-state index is 0.177. The highest BCUT2D eigenvalue weighted by Gasteiger charge is 2.30. The quantitative estimate of drug-likeness (QED) is 0.471. The maximum absolute atomic E-state index is 9.42. The Kier molecular flexibility index (Phi) is 4.62. The van der Waals surface area contributed by atoms with E-state index in [4.69, 9.17) is 4.74 Å². The minimum atomic E-state index is -0.188. The zero-order chi connectivity index (χ0) is 8.81. The van der Waals surface area contributed by atoms with Crippen LogP contribution < -0.4 is 0 Å². The second kappa shape index (κ2) is 5.55. The van der Waals surface area contributed by atoms with Crippen molar-refractivity contribution >= 4 is 0 Å². The van der Waals surface area contributed by atoms with Gasteiger partial charge >= 0.3 is 0 Å². The monoisotopic (exact) mass is 172 g/mol. The first-order valence-corrected chi connectivity index (χ1v) is 5.14. The lowest BCUT2D eigenvalue weighted by Gasteiger charge is -2.05. The van der Waals surface area contributed by atoms with Crippen LogP contribution in [0.1, 0.15) is 45.4 Å². The van der Waals surface area contributed by atoms with E-state index in [0.717, 1.165) is 19.4 Å². The van der Waals surface area contributed by atoms with Gasteiger partial charge in [0.25, 0.3) is 0 Å².